The van der Waals surface area contributed by atoms with Gasteiger partial charge in [-0.15, -0.1) is 0 Å². The van der Waals surface area contributed by atoms with E-state index in [0.717, 1.165) is 16.7 Å². The molecule has 0 aliphatic carbocycles. The summed E-state index contributed by atoms with van der Waals surface area (Å²) in [6, 6.07) is 8.34. The third kappa shape index (κ3) is 2.92. The van der Waals surface area contributed by atoms with Crippen LogP contribution in [-0.4, -0.2) is 6.79 Å². The molecule has 3 rings (SSSR count). The van der Waals surface area contributed by atoms with Crippen LogP contribution < -0.4 is 15.2 Å². The highest BCUT2D eigenvalue weighted by Gasteiger charge is 2.17. The molecule has 1 aliphatic heterocycles. The maximum atomic E-state index is 13.7. The first kappa shape index (κ1) is 13.7. The second-order valence-electron chi connectivity index (χ2n) is 5.00. The Hall–Kier alpha value is -2.27. The minimum Gasteiger partial charge on any atom is -0.486 e. The van der Waals surface area contributed by atoms with Gasteiger partial charge in [-0.3, -0.25) is 0 Å². The zero-order valence-corrected chi connectivity index (χ0v) is 11.7. The summed E-state index contributed by atoms with van der Waals surface area (Å²) in [6.07, 6.45) is 0. The Morgan fingerprint density at radius 2 is 2.14 bits per heavy atom. The third-order valence-electron chi connectivity index (χ3n) is 3.28. The summed E-state index contributed by atoms with van der Waals surface area (Å²) < 4.78 is 30.0. The van der Waals surface area contributed by atoms with E-state index in [-0.39, 0.29) is 25.0 Å². The molecule has 2 aromatic carbocycles. The van der Waals surface area contributed by atoms with Crippen molar-refractivity contribution in [2.45, 2.75) is 20.1 Å². The SMILES string of the molecule is Cc1ccc(F)c(OCc2cc(N)cc3c2OCOC3)c1. The van der Waals surface area contributed by atoms with Crippen molar-refractivity contribution >= 4 is 5.69 Å². The normalized spacial score (nSPS) is 13.4. The van der Waals surface area contributed by atoms with Crippen LogP contribution in [0.25, 0.3) is 0 Å². The molecule has 0 atom stereocenters. The summed E-state index contributed by atoms with van der Waals surface area (Å²) in [5.41, 5.74) is 9.07. The lowest BCUT2D eigenvalue weighted by molar-refractivity contribution is -0.0175. The quantitative estimate of drug-likeness (QED) is 0.882. The Labute approximate surface area is 122 Å². The fraction of sp³-hybridized carbons (Fsp3) is 0.250. The van der Waals surface area contributed by atoms with Crippen molar-refractivity contribution in [1.29, 1.82) is 0 Å². The Balaban J connectivity index is 1.85. The predicted octanol–water partition coefficient (Wildman–Crippen LogP) is 3.16. The first-order valence-corrected chi connectivity index (χ1v) is 6.64. The van der Waals surface area contributed by atoms with Gasteiger partial charge in [-0.05, 0) is 36.8 Å². The fourth-order valence-electron chi connectivity index (χ4n) is 2.31. The van der Waals surface area contributed by atoms with Gasteiger partial charge in [-0.2, -0.15) is 0 Å². The smallest absolute Gasteiger partial charge is 0.189 e. The molecular weight excluding hydrogens is 273 g/mol. The molecule has 0 bridgehead atoms. The standard InChI is InChI=1S/C16H16FNO3/c1-10-2-3-14(17)15(4-10)20-8-12-6-13(18)5-11-7-19-9-21-16(11)12/h2-6H,7-9,18H2,1H3. The van der Waals surface area contributed by atoms with Crippen molar-refractivity contribution in [2.75, 3.05) is 12.5 Å². The van der Waals surface area contributed by atoms with Gasteiger partial charge in [0.15, 0.2) is 18.4 Å². The zero-order valence-electron chi connectivity index (χ0n) is 11.7. The van der Waals surface area contributed by atoms with E-state index in [0.29, 0.717) is 18.0 Å². The van der Waals surface area contributed by atoms with E-state index in [2.05, 4.69) is 0 Å². The molecule has 1 aliphatic rings. The lowest BCUT2D eigenvalue weighted by Gasteiger charge is -2.21. The highest BCUT2D eigenvalue weighted by Crippen LogP contribution is 2.32. The second kappa shape index (κ2) is 5.61. The number of aryl methyl sites for hydroxylation is 1. The molecule has 2 aromatic rings. The molecule has 0 aromatic heterocycles. The monoisotopic (exact) mass is 289 g/mol. The van der Waals surface area contributed by atoms with E-state index in [1.165, 1.54) is 6.07 Å². The van der Waals surface area contributed by atoms with Gasteiger partial charge in [0.2, 0.25) is 0 Å². The molecule has 110 valence electrons. The number of fused-ring (bicyclic) bond motifs is 1. The zero-order chi connectivity index (χ0) is 14.8. The van der Waals surface area contributed by atoms with Crippen molar-refractivity contribution in [1.82, 2.24) is 0 Å². The maximum Gasteiger partial charge on any atom is 0.189 e. The highest BCUT2D eigenvalue weighted by molar-refractivity contribution is 5.53. The number of anilines is 1. The summed E-state index contributed by atoms with van der Waals surface area (Å²) in [7, 11) is 0. The van der Waals surface area contributed by atoms with Crippen LogP contribution in [-0.2, 0) is 18.0 Å². The van der Waals surface area contributed by atoms with Gasteiger partial charge in [-0.25, -0.2) is 4.39 Å². The maximum absolute atomic E-state index is 13.7. The highest BCUT2D eigenvalue weighted by atomic mass is 19.1. The van der Waals surface area contributed by atoms with Crippen molar-refractivity contribution in [2.24, 2.45) is 0 Å². The predicted molar refractivity (Wildman–Crippen MR) is 76.6 cm³/mol. The molecule has 0 spiro atoms. The first-order valence-electron chi connectivity index (χ1n) is 6.64. The van der Waals surface area contributed by atoms with Crippen LogP contribution in [0.15, 0.2) is 30.3 Å². The van der Waals surface area contributed by atoms with Crippen LogP contribution >= 0.6 is 0 Å². The van der Waals surface area contributed by atoms with Gasteiger partial charge in [0, 0.05) is 16.8 Å². The van der Waals surface area contributed by atoms with Gasteiger partial charge >= 0.3 is 0 Å². The van der Waals surface area contributed by atoms with Crippen LogP contribution in [0.3, 0.4) is 0 Å². The van der Waals surface area contributed by atoms with Crippen LogP contribution in [0.4, 0.5) is 10.1 Å². The minimum atomic E-state index is -0.386. The number of hydrogen-bond acceptors (Lipinski definition) is 4. The first-order chi connectivity index (χ1) is 10.1. The number of benzene rings is 2. The summed E-state index contributed by atoms with van der Waals surface area (Å²) in [4.78, 5) is 0. The van der Waals surface area contributed by atoms with Gasteiger partial charge in [0.25, 0.3) is 0 Å². The molecule has 0 saturated heterocycles. The lowest BCUT2D eigenvalue weighted by atomic mass is 10.1. The molecule has 0 fully saturated rings. The molecule has 0 unspecified atom stereocenters. The van der Waals surface area contributed by atoms with Crippen LogP contribution in [0, 0.1) is 12.7 Å². The molecule has 2 N–H and O–H groups in total. The Bertz CT molecular complexity index is 673. The number of rotatable bonds is 3. The van der Waals surface area contributed by atoms with Crippen molar-refractivity contribution in [3.05, 3.63) is 52.8 Å². The number of ether oxygens (including phenoxy) is 3. The number of halogens is 1. The molecule has 4 nitrogen and oxygen atoms in total. The average molecular weight is 289 g/mol. The molecular formula is C16H16FNO3. The summed E-state index contributed by atoms with van der Waals surface area (Å²) in [6.45, 7) is 2.72. The largest absolute Gasteiger partial charge is 0.486 e. The summed E-state index contributed by atoms with van der Waals surface area (Å²) in [5, 5.41) is 0. The third-order valence-corrected chi connectivity index (χ3v) is 3.28. The van der Waals surface area contributed by atoms with E-state index < -0.39 is 0 Å². The van der Waals surface area contributed by atoms with E-state index in [1.54, 1.807) is 18.2 Å². The fourth-order valence-corrected chi connectivity index (χ4v) is 2.31. The molecule has 0 amide bonds. The van der Waals surface area contributed by atoms with E-state index in [4.69, 9.17) is 19.9 Å². The second-order valence-corrected chi connectivity index (χ2v) is 5.00. The van der Waals surface area contributed by atoms with Crippen molar-refractivity contribution in [3.63, 3.8) is 0 Å². The van der Waals surface area contributed by atoms with Gasteiger partial charge in [0.1, 0.15) is 12.4 Å². The lowest BCUT2D eigenvalue weighted by Crippen LogP contribution is -2.14. The molecule has 1 heterocycles. The summed E-state index contributed by atoms with van der Waals surface area (Å²) in [5.74, 6) is 0.546. The Morgan fingerprint density at radius 1 is 1.29 bits per heavy atom. The van der Waals surface area contributed by atoms with Crippen LogP contribution in [0.2, 0.25) is 0 Å². The van der Waals surface area contributed by atoms with E-state index in [9.17, 15) is 4.39 Å². The Morgan fingerprint density at radius 3 is 3.00 bits per heavy atom. The Kier molecular flexibility index (Phi) is 3.66. The van der Waals surface area contributed by atoms with Gasteiger partial charge in [-0.1, -0.05) is 6.07 Å². The molecule has 0 saturated carbocycles. The molecule has 21 heavy (non-hydrogen) atoms. The number of nitrogen functional groups attached to an aromatic ring is 1. The summed E-state index contributed by atoms with van der Waals surface area (Å²) >= 11 is 0. The van der Waals surface area contributed by atoms with E-state index in [1.807, 2.05) is 13.0 Å². The van der Waals surface area contributed by atoms with E-state index >= 15 is 0 Å². The van der Waals surface area contributed by atoms with Crippen molar-refractivity contribution < 1.29 is 18.6 Å². The molecule has 0 radical (unpaired) electrons. The van der Waals surface area contributed by atoms with Crippen LogP contribution in [0.1, 0.15) is 16.7 Å². The molecule has 5 heteroatoms. The number of nitrogens with two attached hydrogens (primary N) is 1. The van der Waals surface area contributed by atoms with Gasteiger partial charge in [0.05, 0.1) is 6.61 Å². The number of hydrogen-bond donors (Lipinski definition) is 1. The topological polar surface area (TPSA) is 53.7 Å². The minimum absolute atomic E-state index is 0.188. The van der Waals surface area contributed by atoms with Crippen LogP contribution in [0.5, 0.6) is 11.5 Å². The van der Waals surface area contributed by atoms with Gasteiger partial charge < -0.3 is 19.9 Å². The van der Waals surface area contributed by atoms with Crippen molar-refractivity contribution in [3.8, 4) is 11.5 Å². The average Bonchev–Trinajstić information content (AvgIpc) is 2.47.